The normalized spacial score (nSPS) is 16.3. The van der Waals surface area contributed by atoms with Gasteiger partial charge in [-0.05, 0) is 43.7 Å². The number of allylic oxidation sites excluding steroid dienone is 3. The highest BCUT2D eigenvalue weighted by Crippen LogP contribution is 2.40. The summed E-state index contributed by atoms with van der Waals surface area (Å²) in [5.74, 6) is -0.432. The van der Waals surface area contributed by atoms with E-state index in [-0.39, 0.29) is 17.3 Å². The molecule has 4 nitrogen and oxygen atoms in total. The van der Waals surface area contributed by atoms with Crippen LogP contribution >= 0.6 is 23.4 Å². The molecule has 146 valence electrons. The van der Waals surface area contributed by atoms with Crippen LogP contribution in [0.25, 0.3) is 0 Å². The van der Waals surface area contributed by atoms with Crippen molar-refractivity contribution in [3.8, 4) is 6.07 Å². The average molecular weight is 423 g/mol. The molecule has 0 radical (unpaired) electrons. The van der Waals surface area contributed by atoms with Gasteiger partial charge in [-0.2, -0.15) is 5.26 Å². The number of carbonyl (C=O) groups is 2. The van der Waals surface area contributed by atoms with Crippen molar-refractivity contribution >= 4 is 34.9 Å². The zero-order valence-electron chi connectivity index (χ0n) is 16.0. The molecule has 0 saturated heterocycles. The fraction of sp³-hybridized carbons (Fsp3) is 0.174. The molecular formula is C23H19ClN2O2S. The first kappa shape index (κ1) is 20.9. The molecule has 1 N–H and O–H groups in total. The molecule has 3 rings (SSSR count). The molecule has 0 aliphatic carbocycles. The van der Waals surface area contributed by atoms with Crippen molar-refractivity contribution in [2.45, 2.75) is 19.8 Å². The lowest BCUT2D eigenvalue weighted by Gasteiger charge is -2.29. The van der Waals surface area contributed by atoms with Gasteiger partial charge in [-0.1, -0.05) is 53.7 Å². The van der Waals surface area contributed by atoms with Gasteiger partial charge < -0.3 is 5.32 Å². The van der Waals surface area contributed by atoms with Crippen molar-refractivity contribution in [2.24, 2.45) is 0 Å². The predicted octanol–water partition coefficient (Wildman–Crippen LogP) is 5.24. The highest BCUT2D eigenvalue weighted by Gasteiger charge is 2.33. The van der Waals surface area contributed by atoms with E-state index in [2.05, 4.69) is 11.4 Å². The Balaban J connectivity index is 1.93. The van der Waals surface area contributed by atoms with Crippen LogP contribution in [0.3, 0.4) is 0 Å². The molecule has 2 aromatic carbocycles. The van der Waals surface area contributed by atoms with Gasteiger partial charge in [0, 0.05) is 21.9 Å². The van der Waals surface area contributed by atoms with Gasteiger partial charge in [0.1, 0.15) is 0 Å². The van der Waals surface area contributed by atoms with Gasteiger partial charge in [0.05, 0.1) is 28.3 Å². The summed E-state index contributed by atoms with van der Waals surface area (Å²) in [6.07, 6.45) is 0. The molecule has 0 spiro atoms. The third kappa shape index (κ3) is 4.61. The summed E-state index contributed by atoms with van der Waals surface area (Å²) in [5, 5.41) is 14.2. The number of benzene rings is 2. The lowest BCUT2D eigenvalue weighted by molar-refractivity contribution is -0.113. The molecule has 1 atom stereocenters. The van der Waals surface area contributed by atoms with Crippen LogP contribution < -0.4 is 5.32 Å². The van der Waals surface area contributed by atoms with Crippen LogP contribution in [0.1, 0.15) is 35.7 Å². The SMILES string of the molecule is CC(=O)C1=C(C)NC(SCC(=O)c2ccc(Cl)cc2)=C(C#N)[C@H]1c1ccccc1. The van der Waals surface area contributed by atoms with E-state index in [0.29, 0.717) is 32.5 Å². The van der Waals surface area contributed by atoms with E-state index in [0.717, 1.165) is 5.56 Å². The Morgan fingerprint density at radius 3 is 2.38 bits per heavy atom. The summed E-state index contributed by atoms with van der Waals surface area (Å²) in [6, 6.07) is 18.5. The Labute approximate surface area is 179 Å². The number of Topliss-reactive ketones (excluding diaryl/α,β-unsaturated/α-hetero) is 2. The Morgan fingerprint density at radius 2 is 1.79 bits per heavy atom. The minimum absolute atomic E-state index is 0.0616. The van der Waals surface area contributed by atoms with E-state index in [1.165, 1.54) is 18.7 Å². The van der Waals surface area contributed by atoms with Crippen LogP contribution in [0.5, 0.6) is 0 Å². The first-order valence-corrected chi connectivity index (χ1v) is 10.4. The van der Waals surface area contributed by atoms with Gasteiger partial charge in [0.25, 0.3) is 0 Å². The van der Waals surface area contributed by atoms with E-state index < -0.39 is 5.92 Å². The van der Waals surface area contributed by atoms with Gasteiger partial charge in [-0.3, -0.25) is 9.59 Å². The molecule has 29 heavy (non-hydrogen) atoms. The Hall–Kier alpha value is -2.81. The number of nitrogens with one attached hydrogen (secondary N) is 1. The second-order valence-corrected chi connectivity index (χ2v) is 8.06. The zero-order chi connectivity index (χ0) is 21.0. The first-order valence-electron chi connectivity index (χ1n) is 9.02. The molecule has 0 saturated carbocycles. The number of nitrogens with zero attached hydrogens (tertiary/aromatic N) is 1. The lowest BCUT2D eigenvalue weighted by atomic mass is 9.81. The van der Waals surface area contributed by atoms with Crippen molar-refractivity contribution in [3.05, 3.63) is 92.6 Å². The summed E-state index contributed by atoms with van der Waals surface area (Å²) in [4.78, 5) is 24.9. The largest absolute Gasteiger partial charge is 0.353 e. The molecule has 1 heterocycles. The van der Waals surface area contributed by atoms with E-state index in [9.17, 15) is 14.9 Å². The second-order valence-electron chi connectivity index (χ2n) is 6.64. The maximum Gasteiger partial charge on any atom is 0.173 e. The molecule has 1 aliphatic rings. The van der Waals surface area contributed by atoms with Crippen molar-refractivity contribution in [1.29, 1.82) is 5.26 Å². The topological polar surface area (TPSA) is 70.0 Å². The fourth-order valence-electron chi connectivity index (χ4n) is 3.33. The van der Waals surface area contributed by atoms with Crippen LogP contribution in [0.4, 0.5) is 0 Å². The van der Waals surface area contributed by atoms with E-state index >= 15 is 0 Å². The molecule has 0 unspecified atom stereocenters. The maximum atomic E-state index is 12.5. The quantitative estimate of drug-likeness (QED) is 0.644. The highest BCUT2D eigenvalue weighted by atomic mass is 35.5. The summed E-state index contributed by atoms with van der Waals surface area (Å²) >= 11 is 7.15. The number of rotatable bonds is 6. The molecular weight excluding hydrogens is 404 g/mol. The standard InChI is InChI=1S/C23H19ClN2O2S/c1-14-21(15(2)27)22(17-6-4-3-5-7-17)19(12-25)23(26-14)29-13-20(28)16-8-10-18(24)11-9-16/h3-11,22,26H,13H2,1-2H3/t22-/m1/s1. The van der Waals surface area contributed by atoms with Gasteiger partial charge in [0.15, 0.2) is 11.6 Å². The molecule has 0 fully saturated rings. The predicted molar refractivity (Wildman–Crippen MR) is 117 cm³/mol. The molecule has 6 heteroatoms. The Bertz CT molecular complexity index is 1050. The van der Waals surface area contributed by atoms with Crippen LogP contribution in [-0.4, -0.2) is 17.3 Å². The molecule has 1 aliphatic heterocycles. The molecule has 0 bridgehead atoms. The number of thioether (sulfide) groups is 1. The number of carbonyl (C=O) groups excluding carboxylic acids is 2. The summed E-state index contributed by atoms with van der Waals surface area (Å²) in [6.45, 7) is 3.33. The molecule has 0 aromatic heterocycles. The number of ketones is 2. The third-order valence-electron chi connectivity index (χ3n) is 4.67. The smallest absolute Gasteiger partial charge is 0.173 e. The zero-order valence-corrected chi connectivity index (χ0v) is 17.6. The number of nitriles is 1. The van der Waals surface area contributed by atoms with Crippen LogP contribution in [0.2, 0.25) is 5.02 Å². The van der Waals surface area contributed by atoms with Gasteiger partial charge in [0.2, 0.25) is 0 Å². The summed E-state index contributed by atoms with van der Waals surface area (Å²) < 4.78 is 0. The highest BCUT2D eigenvalue weighted by molar-refractivity contribution is 8.03. The van der Waals surface area contributed by atoms with Crippen molar-refractivity contribution in [3.63, 3.8) is 0 Å². The number of hydrogen-bond acceptors (Lipinski definition) is 5. The van der Waals surface area contributed by atoms with Crippen molar-refractivity contribution < 1.29 is 9.59 Å². The van der Waals surface area contributed by atoms with E-state index in [1.54, 1.807) is 24.3 Å². The van der Waals surface area contributed by atoms with E-state index in [4.69, 9.17) is 11.6 Å². The molecule has 2 aromatic rings. The van der Waals surface area contributed by atoms with Crippen molar-refractivity contribution in [2.75, 3.05) is 5.75 Å². The first-order chi connectivity index (χ1) is 13.9. The van der Waals surface area contributed by atoms with Crippen LogP contribution in [0.15, 0.2) is 76.5 Å². The summed E-state index contributed by atoms with van der Waals surface area (Å²) in [7, 11) is 0. The van der Waals surface area contributed by atoms with Gasteiger partial charge >= 0.3 is 0 Å². The van der Waals surface area contributed by atoms with Crippen molar-refractivity contribution in [1.82, 2.24) is 5.32 Å². The third-order valence-corrected chi connectivity index (χ3v) is 5.94. The average Bonchev–Trinajstić information content (AvgIpc) is 2.72. The number of hydrogen-bond donors (Lipinski definition) is 1. The summed E-state index contributed by atoms with van der Waals surface area (Å²) in [5.41, 5.74) is 3.15. The minimum Gasteiger partial charge on any atom is -0.353 e. The van der Waals surface area contributed by atoms with Gasteiger partial charge in [-0.25, -0.2) is 0 Å². The van der Waals surface area contributed by atoms with Crippen LogP contribution in [0, 0.1) is 11.3 Å². The Kier molecular flexibility index (Phi) is 6.58. The monoisotopic (exact) mass is 422 g/mol. The second kappa shape index (κ2) is 9.13. The number of dihydropyridines is 1. The molecule has 0 amide bonds. The number of halogens is 1. The van der Waals surface area contributed by atoms with Gasteiger partial charge in [-0.15, -0.1) is 0 Å². The maximum absolute atomic E-state index is 12.5. The van der Waals surface area contributed by atoms with Crippen LogP contribution in [-0.2, 0) is 4.79 Å². The van der Waals surface area contributed by atoms with E-state index in [1.807, 2.05) is 37.3 Å². The Morgan fingerprint density at radius 1 is 1.14 bits per heavy atom. The minimum atomic E-state index is -0.451. The lowest BCUT2D eigenvalue weighted by Crippen LogP contribution is -2.27. The fourth-order valence-corrected chi connectivity index (χ4v) is 4.44.